The summed E-state index contributed by atoms with van der Waals surface area (Å²) in [6.45, 7) is 3.90. The first-order chi connectivity index (χ1) is 9.52. The van der Waals surface area contributed by atoms with Crippen LogP contribution in [0.25, 0.3) is 0 Å². The molecule has 0 unspecified atom stereocenters. The number of nitrogens with one attached hydrogen (secondary N) is 2. The summed E-state index contributed by atoms with van der Waals surface area (Å²) in [5.41, 5.74) is 7.44. The van der Waals surface area contributed by atoms with Crippen LogP contribution < -0.4 is 11.1 Å². The van der Waals surface area contributed by atoms with Crippen LogP contribution in [0.3, 0.4) is 0 Å². The van der Waals surface area contributed by atoms with Crippen molar-refractivity contribution < 1.29 is 4.79 Å². The molecule has 108 valence electrons. The second kappa shape index (κ2) is 6.71. The van der Waals surface area contributed by atoms with Gasteiger partial charge in [0.25, 0.3) is 0 Å². The van der Waals surface area contributed by atoms with Gasteiger partial charge in [0.05, 0.1) is 11.4 Å². The molecule has 9 heteroatoms. The highest BCUT2D eigenvalue weighted by Gasteiger charge is 2.11. The average Bonchev–Trinajstić information content (AvgIpc) is 2.96. The fraction of sp³-hybridized carbons (Fsp3) is 0.455. The predicted molar refractivity (Wildman–Crippen MR) is 79.7 cm³/mol. The van der Waals surface area contributed by atoms with Gasteiger partial charge in [-0.3, -0.25) is 9.89 Å². The monoisotopic (exact) mass is 312 g/mol. The Morgan fingerprint density at radius 2 is 2.40 bits per heavy atom. The highest BCUT2D eigenvalue weighted by Crippen LogP contribution is 2.23. The number of carbonyl (C=O) groups is 1. The van der Waals surface area contributed by atoms with Gasteiger partial charge in [0, 0.05) is 18.2 Å². The fourth-order valence-corrected chi connectivity index (χ4v) is 3.11. The van der Waals surface area contributed by atoms with E-state index in [4.69, 9.17) is 5.73 Å². The molecule has 0 aromatic carbocycles. The number of hydrogen-bond donors (Lipinski definition) is 3. The van der Waals surface area contributed by atoms with Crippen molar-refractivity contribution in [3.63, 3.8) is 0 Å². The summed E-state index contributed by atoms with van der Waals surface area (Å²) in [6, 6.07) is 2.01. The van der Waals surface area contributed by atoms with E-state index < -0.39 is 0 Å². The standard InChI is InChI=1S/C11H16N6OS2/c1-6(3-8-4-7(2)14-15-8)13-9(18)5-19-11-17-16-10(12)20-11/h4,6H,3,5H2,1-2H3,(H2,12,16)(H,13,18)(H,14,15)/t6-/m0/s1. The number of carbonyl (C=O) groups excluding carboxylic acids is 1. The number of aryl methyl sites for hydroxylation is 1. The molecule has 2 heterocycles. The summed E-state index contributed by atoms with van der Waals surface area (Å²) in [4.78, 5) is 11.8. The van der Waals surface area contributed by atoms with Gasteiger partial charge in [-0.2, -0.15) is 5.10 Å². The van der Waals surface area contributed by atoms with Crippen LogP contribution in [-0.4, -0.2) is 38.1 Å². The molecular weight excluding hydrogens is 296 g/mol. The van der Waals surface area contributed by atoms with Gasteiger partial charge >= 0.3 is 0 Å². The van der Waals surface area contributed by atoms with E-state index in [9.17, 15) is 4.79 Å². The van der Waals surface area contributed by atoms with Crippen molar-refractivity contribution in [3.05, 3.63) is 17.5 Å². The number of aromatic amines is 1. The van der Waals surface area contributed by atoms with E-state index in [1.165, 1.54) is 23.1 Å². The topological polar surface area (TPSA) is 110 Å². The van der Waals surface area contributed by atoms with Crippen LogP contribution in [0.4, 0.5) is 5.13 Å². The maximum Gasteiger partial charge on any atom is 0.230 e. The molecule has 4 N–H and O–H groups in total. The first-order valence-corrected chi connectivity index (χ1v) is 7.85. The molecule has 0 saturated carbocycles. The van der Waals surface area contributed by atoms with Crippen molar-refractivity contribution in [1.29, 1.82) is 0 Å². The van der Waals surface area contributed by atoms with Gasteiger partial charge in [-0.1, -0.05) is 23.1 Å². The Kier molecular flexibility index (Phi) is 4.96. The third kappa shape index (κ3) is 4.49. The van der Waals surface area contributed by atoms with Crippen molar-refractivity contribution in [2.24, 2.45) is 0 Å². The van der Waals surface area contributed by atoms with Crippen LogP contribution in [0.15, 0.2) is 10.4 Å². The van der Waals surface area contributed by atoms with Crippen LogP contribution in [0.1, 0.15) is 18.3 Å². The zero-order chi connectivity index (χ0) is 14.5. The number of nitrogens with zero attached hydrogens (tertiary/aromatic N) is 3. The van der Waals surface area contributed by atoms with Gasteiger partial charge in [-0.05, 0) is 19.9 Å². The van der Waals surface area contributed by atoms with Crippen LogP contribution in [0.5, 0.6) is 0 Å². The Morgan fingerprint density at radius 1 is 1.60 bits per heavy atom. The molecule has 7 nitrogen and oxygen atoms in total. The summed E-state index contributed by atoms with van der Waals surface area (Å²) in [5.74, 6) is 0.266. The maximum absolute atomic E-state index is 11.8. The summed E-state index contributed by atoms with van der Waals surface area (Å²) < 4.78 is 0.702. The van der Waals surface area contributed by atoms with E-state index in [1.807, 2.05) is 19.9 Å². The van der Waals surface area contributed by atoms with Crippen molar-refractivity contribution in [2.75, 3.05) is 11.5 Å². The van der Waals surface area contributed by atoms with E-state index >= 15 is 0 Å². The highest BCUT2D eigenvalue weighted by atomic mass is 32.2. The number of rotatable bonds is 6. The molecule has 2 aromatic rings. The summed E-state index contributed by atoms with van der Waals surface area (Å²) in [6.07, 6.45) is 0.701. The molecule has 0 radical (unpaired) electrons. The van der Waals surface area contributed by atoms with Gasteiger partial charge in [-0.15, -0.1) is 10.2 Å². The van der Waals surface area contributed by atoms with E-state index in [0.29, 0.717) is 21.6 Å². The molecule has 2 rings (SSSR count). The zero-order valence-electron chi connectivity index (χ0n) is 11.2. The molecule has 0 spiro atoms. The second-order valence-corrected chi connectivity index (χ2v) is 6.64. The average molecular weight is 312 g/mol. The molecule has 2 aromatic heterocycles. The Bertz CT molecular complexity index is 581. The van der Waals surface area contributed by atoms with E-state index in [1.54, 1.807) is 0 Å². The predicted octanol–water partition coefficient (Wildman–Crippen LogP) is 0.991. The lowest BCUT2D eigenvalue weighted by atomic mass is 10.2. The minimum absolute atomic E-state index is 0.0327. The number of aromatic nitrogens is 4. The normalized spacial score (nSPS) is 12.3. The third-order valence-electron chi connectivity index (χ3n) is 2.43. The minimum Gasteiger partial charge on any atom is -0.374 e. The summed E-state index contributed by atoms with van der Waals surface area (Å²) >= 11 is 2.61. The van der Waals surface area contributed by atoms with Gasteiger partial charge in [0.1, 0.15) is 0 Å². The van der Waals surface area contributed by atoms with Gasteiger partial charge in [0.15, 0.2) is 4.34 Å². The first-order valence-electron chi connectivity index (χ1n) is 6.05. The van der Waals surface area contributed by atoms with Crippen LogP contribution in [0.2, 0.25) is 0 Å². The van der Waals surface area contributed by atoms with E-state index in [2.05, 4.69) is 25.7 Å². The fourth-order valence-electron chi connectivity index (χ4n) is 1.67. The molecular formula is C11H16N6OS2. The van der Waals surface area contributed by atoms with E-state index in [-0.39, 0.29) is 11.9 Å². The number of anilines is 1. The van der Waals surface area contributed by atoms with Gasteiger partial charge in [0.2, 0.25) is 11.0 Å². The molecule has 0 aliphatic carbocycles. The largest absolute Gasteiger partial charge is 0.374 e. The number of thioether (sulfide) groups is 1. The summed E-state index contributed by atoms with van der Waals surface area (Å²) in [7, 11) is 0. The maximum atomic E-state index is 11.8. The first kappa shape index (κ1) is 14.8. The minimum atomic E-state index is -0.0384. The molecule has 1 amide bonds. The smallest absolute Gasteiger partial charge is 0.230 e. The Morgan fingerprint density at radius 3 is 3.00 bits per heavy atom. The molecule has 0 saturated heterocycles. The third-order valence-corrected chi connectivity index (χ3v) is 4.32. The zero-order valence-corrected chi connectivity index (χ0v) is 12.8. The molecule has 0 aliphatic heterocycles. The van der Waals surface area contributed by atoms with Crippen LogP contribution in [0, 0.1) is 6.92 Å². The Hall–Kier alpha value is -1.61. The number of H-pyrrole nitrogens is 1. The van der Waals surface area contributed by atoms with Gasteiger partial charge < -0.3 is 11.1 Å². The van der Waals surface area contributed by atoms with Crippen LogP contribution >= 0.6 is 23.1 Å². The lowest BCUT2D eigenvalue weighted by Gasteiger charge is -2.11. The molecule has 0 aliphatic rings. The van der Waals surface area contributed by atoms with Gasteiger partial charge in [-0.25, -0.2) is 0 Å². The Labute approximate surface area is 124 Å². The molecule has 1 atom stereocenters. The number of hydrogen-bond acceptors (Lipinski definition) is 7. The van der Waals surface area contributed by atoms with Crippen molar-refractivity contribution in [3.8, 4) is 0 Å². The second-order valence-electron chi connectivity index (χ2n) is 4.41. The highest BCUT2D eigenvalue weighted by molar-refractivity contribution is 8.01. The van der Waals surface area contributed by atoms with E-state index in [0.717, 1.165) is 11.4 Å². The van der Waals surface area contributed by atoms with Crippen molar-refractivity contribution in [1.82, 2.24) is 25.7 Å². The van der Waals surface area contributed by atoms with Crippen molar-refractivity contribution >= 4 is 34.1 Å². The number of nitrogens with two attached hydrogens (primary N) is 1. The SMILES string of the molecule is Cc1cc(C[C@H](C)NC(=O)CSc2nnc(N)s2)n[nH]1. The Balaban J connectivity index is 1.73. The molecule has 20 heavy (non-hydrogen) atoms. The van der Waals surface area contributed by atoms with Crippen molar-refractivity contribution in [2.45, 2.75) is 30.6 Å². The molecule has 0 fully saturated rings. The number of nitrogen functional groups attached to an aromatic ring is 1. The van der Waals surface area contributed by atoms with Crippen LogP contribution in [-0.2, 0) is 11.2 Å². The lowest BCUT2D eigenvalue weighted by molar-refractivity contribution is -0.119. The number of amides is 1. The molecule has 0 bridgehead atoms. The summed E-state index contributed by atoms with van der Waals surface area (Å²) in [5, 5.41) is 17.9. The lowest BCUT2D eigenvalue weighted by Crippen LogP contribution is -2.35. The quantitative estimate of drug-likeness (QED) is 0.686.